The zero-order chi connectivity index (χ0) is 25.4. The predicted molar refractivity (Wildman–Crippen MR) is 149 cm³/mol. The van der Waals surface area contributed by atoms with Crippen molar-refractivity contribution in [1.82, 2.24) is 4.98 Å². The van der Waals surface area contributed by atoms with E-state index in [1.54, 1.807) is 11.3 Å². The number of pyridine rings is 2. The molecule has 1 radical (unpaired) electrons. The molecule has 0 aliphatic heterocycles. The molecule has 37 heavy (non-hydrogen) atoms. The summed E-state index contributed by atoms with van der Waals surface area (Å²) in [6.45, 7) is 4.95. The average Bonchev–Trinajstić information content (AvgIpc) is 3.22. The minimum absolute atomic E-state index is 0. The first kappa shape index (κ1) is 26.5. The summed E-state index contributed by atoms with van der Waals surface area (Å²) < 4.78 is 3.26. The molecule has 4 nitrogen and oxygen atoms in total. The van der Waals surface area contributed by atoms with Crippen molar-refractivity contribution >= 4 is 59.1 Å². The summed E-state index contributed by atoms with van der Waals surface area (Å²) >= 11 is 1.73. The minimum atomic E-state index is -0.125. The maximum atomic E-state index is 10.0. The molecular formula is C31H25IrN2O2S-. The summed E-state index contributed by atoms with van der Waals surface area (Å²) in [5, 5.41) is 14.5. The van der Waals surface area contributed by atoms with Crippen LogP contribution >= 0.6 is 11.3 Å². The molecule has 0 spiro atoms. The van der Waals surface area contributed by atoms with Crippen molar-refractivity contribution in [2.45, 2.75) is 20.8 Å². The second kappa shape index (κ2) is 10.8. The van der Waals surface area contributed by atoms with Crippen LogP contribution in [0.2, 0.25) is 0 Å². The third-order valence-corrected chi connectivity index (χ3v) is 7.17. The van der Waals surface area contributed by atoms with Gasteiger partial charge in [-0.15, -0.1) is 17.7 Å². The van der Waals surface area contributed by atoms with E-state index in [9.17, 15) is 4.79 Å². The number of aryl methyl sites for hydroxylation is 1. The summed E-state index contributed by atoms with van der Waals surface area (Å²) in [5.41, 5.74) is 4.39. The fourth-order valence-electron chi connectivity index (χ4n) is 4.56. The van der Waals surface area contributed by atoms with E-state index in [2.05, 4.69) is 85.7 Å². The van der Waals surface area contributed by atoms with Gasteiger partial charge in [-0.05, 0) is 58.3 Å². The number of aliphatic hydroxyl groups excluding tert-OH is 1. The molecule has 0 saturated carbocycles. The monoisotopic (exact) mass is 682 g/mol. The third-order valence-electron chi connectivity index (χ3n) is 6.02. The predicted octanol–water partition coefficient (Wildman–Crippen LogP) is 7.49. The molecule has 0 aliphatic carbocycles. The molecule has 6 heteroatoms. The number of hydrogen-bond donors (Lipinski definition) is 1. The Morgan fingerprint density at radius 2 is 1.76 bits per heavy atom. The van der Waals surface area contributed by atoms with E-state index >= 15 is 0 Å². The number of hydrogen-bond acceptors (Lipinski definition) is 4. The molecule has 0 atom stereocenters. The van der Waals surface area contributed by atoms with Gasteiger partial charge in [0.2, 0.25) is 0 Å². The van der Waals surface area contributed by atoms with Crippen molar-refractivity contribution in [3.05, 3.63) is 103 Å². The van der Waals surface area contributed by atoms with Crippen LogP contribution in [0.3, 0.4) is 0 Å². The van der Waals surface area contributed by atoms with Gasteiger partial charge in [0.05, 0.1) is 5.76 Å². The number of ketones is 1. The Bertz CT molecular complexity index is 1820. The van der Waals surface area contributed by atoms with E-state index in [-0.39, 0.29) is 31.6 Å². The van der Waals surface area contributed by atoms with Crippen LogP contribution in [-0.2, 0) is 24.9 Å². The fraction of sp³-hybridized carbons (Fsp3) is 0.0968. The van der Waals surface area contributed by atoms with Gasteiger partial charge in [0.15, 0.2) is 5.78 Å². The first-order valence-electron chi connectivity index (χ1n) is 11.6. The van der Waals surface area contributed by atoms with Crippen LogP contribution in [0.4, 0.5) is 0 Å². The van der Waals surface area contributed by atoms with E-state index in [0.717, 1.165) is 27.2 Å². The molecule has 0 aliphatic rings. The molecule has 0 unspecified atom stereocenters. The normalized spacial score (nSPS) is 11.4. The largest absolute Gasteiger partial charge is 0.512 e. The number of rotatable bonds is 2. The molecule has 3 aromatic heterocycles. The van der Waals surface area contributed by atoms with Gasteiger partial charge in [0.25, 0.3) is 0 Å². The van der Waals surface area contributed by atoms with Crippen LogP contribution in [0.1, 0.15) is 19.4 Å². The summed E-state index contributed by atoms with van der Waals surface area (Å²) in [4.78, 5) is 15.6. The molecule has 3 heterocycles. The first-order valence-corrected chi connectivity index (χ1v) is 12.4. The zero-order valence-corrected chi connectivity index (χ0v) is 23.9. The smallest absolute Gasteiger partial charge is 0.155 e. The summed E-state index contributed by atoms with van der Waals surface area (Å²) in [6, 6.07) is 27.2. The van der Waals surface area contributed by atoms with Gasteiger partial charge in [-0.2, -0.15) is 11.3 Å². The Balaban J connectivity index is 0.000000356. The van der Waals surface area contributed by atoms with Gasteiger partial charge in [0.1, 0.15) is 16.0 Å². The van der Waals surface area contributed by atoms with Gasteiger partial charge in [0, 0.05) is 39.4 Å². The number of thiophene rings is 1. The van der Waals surface area contributed by atoms with E-state index in [1.165, 1.54) is 51.6 Å². The molecule has 0 fully saturated rings. The van der Waals surface area contributed by atoms with Gasteiger partial charge >= 0.3 is 0 Å². The Morgan fingerprint density at radius 1 is 1.00 bits per heavy atom. The number of fused-ring (bicyclic) bond motifs is 6. The molecule has 1 N–H and O–H groups in total. The molecule has 0 saturated heterocycles. The van der Waals surface area contributed by atoms with Crippen molar-refractivity contribution in [3.8, 4) is 11.3 Å². The second-order valence-corrected chi connectivity index (χ2v) is 9.79. The summed E-state index contributed by atoms with van der Waals surface area (Å²) in [6.07, 6.45) is 3.02. The number of aliphatic hydroxyl groups is 1. The maximum Gasteiger partial charge on any atom is 0.155 e. The summed E-state index contributed by atoms with van der Waals surface area (Å²) in [5.74, 6) is -0.0625. The number of carbonyl (C=O) groups is 1. The molecule has 3 aromatic carbocycles. The van der Waals surface area contributed by atoms with Gasteiger partial charge in [-0.1, -0.05) is 60.3 Å². The van der Waals surface area contributed by atoms with Crippen LogP contribution in [0.25, 0.3) is 53.2 Å². The van der Waals surface area contributed by atoms with Crippen LogP contribution < -0.4 is 4.57 Å². The third kappa shape index (κ3) is 5.14. The molecule has 0 bridgehead atoms. The van der Waals surface area contributed by atoms with Crippen molar-refractivity contribution in [3.63, 3.8) is 0 Å². The van der Waals surface area contributed by atoms with Gasteiger partial charge in [-0.25, -0.2) is 4.98 Å². The van der Waals surface area contributed by atoms with E-state index in [0.29, 0.717) is 0 Å². The Hall–Kier alpha value is -3.57. The van der Waals surface area contributed by atoms with Crippen LogP contribution in [0.5, 0.6) is 0 Å². The van der Waals surface area contributed by atoms with Crippen molar-refractivity contribution in [2.75, 3.05) is 0 Å². The van der Waals surface area contributed by atoms with E-state index < -0.39 is 0 Å². The molecule has 187 valence electrons. The van der Waals surface area contributed by atoms with Gasteiger partial charge in [-0.3, -0.25) is 4.79 Å². The van der Waals surface area contributed by atoms with Crippen LogP contribution in [-0.4, -0.2) is 15.9 Å². The first-order chi connectivity index (χ1) is 17.3. The zero-order valence-electron chi connectivity index (χ0n) is 20.7. The maximum absolute atomic E-state index is 10.0. The van der Waals surface area contributed by atoms with Crippen molar-refractivity contribution in [2.24, 2.45) is 0 Å². The van der Waals surface area contributed by atoms with E-state index in [1.807, 2.05) is 16.8 Å². The average molecular weight is 682 g/mol. The fourth-order valence-corrected chi connectivity index (χ4v) is 5.69. The Morgan fingerprint density at radius 3 is 2.49 bits per heavy atom. The molecule has 0 amide bonds. The number of allylic oxidation sites excluding steroid dienone is 2. The molecule has 6 rings (SSSR count). The number of benzene rings is 3. The molecule has 6 aromatic rings. The molecular weight excluding hydrogens is 657 g/mol. The number of aromatic nitrogens is 2. The topological polar surface area (TPSA) is 54.1 Å². The van der Waals surface area contributed by atoms with Crippen LogP contribution in [0.15, 0.2) is 84.8 Å². The standard InChI is InChI=1S/C26H17N2S.C5H8O2.Ir/c1-16-14-21-20-8-5-13-27-26(20)29-25(21)22(15-16)24-12-10-19-18-7-4-3-6-17(18)9-11-23(19)28(24)2;1-4(6)3-5(2)7;/h3-14H,2H2,1H3;3,6H,1-2H3;/q-1;;/b;4-3-;. The second-order valence-electron chi connectivity index (χ2n) is 8.79. The van der Waals surface area contributed by atoms with Crippen LogP contribution in [0, 0.1) is 20.0 Å². The van der Waals surface area contributed by atoms with Crippen molar-refractivity contribution < 1.29 is 34.6 Å². The number of nitrogens with zero attached hydrogens (tertiary/aromatic N) is 2. The Labute approximate surface area is 233 Å². The Kier molecular flexibility index (Phi) is 7.74. The van der Waals surface area contributed by atoms with Crippen molar-refractivity contribution in [1.29, 1.82) is 0 Å². The van der Waals surface area contributed by atoms with Gasteiger partial charge < -0.3 is 9.67 Å². The quantitative estimate of drug-likeness (QED) is 0.0678. The SMILES string of the molecule is CC(=O)/C=C(/C)O.[CH2-][n+]1c(-c2[c-]c(C)cc3c2sc2ncccc23)ccc2c3ccccc3ccc21.[Ir]. The number of carbonyl (C=O) groups excluding carboxylic acids is 1. The summed E-state index contributed by atoms with van der Waals surface area (Å²) in [7, 11) is 4.41. The van der Waals surface area contributed by atoms with E-state index in [4.69, 9.17) is 5.11 Å². The minimum Gasteiger partial charge on any atom is -0.512 e.